The number of hydrogen-bond donors (Lipinski definition) is 2. The van der Waals surface area contributed by atoms with Crippen molar-refractivity contribution in [3.8, 4) is 0 Å². The van der Waals surface area contributed by atoms with Crippen LogP contribution in [-0.2, 0) is 22.3 Å². The van der Waals surface area contributed by atoms with Crippen LogP contribution in [0.4, 0.5) is 13.2 Å². The fourth-order valence-corrected chi connectivity index (χ4v) is 3.88. The molecule has 1 fully saturated rings. The fraction of sp³-hybridized carbons (Fsp3) is 0.227. The van der Waals surface area contributed by atoms with Gasteiger partial charge in [0.25, 0.3) is 17.7 Å². The highest BCUT2D eigenvalue weighted by atomic mass is 19.4. The monoisotopic (exact) mass is 459 g/mol. The minimum Gasteiger partial charge on any atom is -0.322 e. The summed E-state index contributed by atoms with van der Waals surface area (Å²) in [5.74, 6) is -3.69. The lowest BCUT2D eigenvalue weighted by Crippen LogP contribution is -2.52. The van der Waals surface area contributed by atoms with Crippen molar-refractivity contribution in [3.63, 3.8) is 0 Å². The molecule has 4 rings (SSSR count). The number of hydrogen-bond acceptors (Lipinski definition) is 5. The molecule has 2 aromatic rings. The Labute approximate surface area is 184 Å². The van der Waals surface area contributed by atoms with E-state index in [0.29, 0.717) is 11.6 Å². The molecule has 2 N–H and O–H groups in total. The van der Waals surface area contributed by atoms with Crippen LogP contribution >= 0.6 is 0 Å². The van der Waals surface area contributed by atoms with Crippen molar-refractivity contribution in [3.05, 3.63) is 70.3 Å². The molecule has 0 spiro atoms. The van der Waals surface area contributed by atoms with Gasteiger partial charge in [-0.3, -0.25) is 34.6 Å². The van der Waals surface area contributed by atoms with Crippen LogP contribution < -0.4 is 10.6 Å². The fourth-order valence-electron chi connectivity index (χ4n) is 3.88. The Kier molecular flexibility index (Phi) is 5.48. The highest BCUT2D eigenvalue weighted by Crippen LogP contribution is 2.31. The summed E-state index contributed by atoms with van der Waals surface area (Å²) in [5.41, 5.74) is -1.12. The highest BCUT2D eigenvalue weighted by molar-refractivity contribution is 6.16. The van der Waals surface area contributed by atoms with E-state index < -0.39 is 47.3 Å². The Morgan fingerprint density at radius 2 is 1.76 bits per heavy atom. The van der Waals surface area contributed by atoms with Crippen LogP contribution in [0.1, 0.15) is 55.0 Å². The zero-order valence-corrected chi connectivity index (χ0v) is 16.9. The van der Waals surface area contributed by atoms with Gasteiger partial charge >= 0.3 is 6.18 Å². The van der Waals surface area contributed by atoms with Crippen LogP contribution in [-0.4, -0.2) is 40.5 Å². The Morgan fingerprint density at radius 3 is 2.45 bits per heavy atom. The van der Waals surface area contributed by atoms with Gasteiger partial charge in [0, 0.05) is 18.5 Å². The third-order valence-electron chi connectivity index (χ3n) is 5.48. The summed E-state index contributed by atoms with van der Waals surface area (Å²) in [7, 11) is 0. The zero-order valence-electron chi connectivity index (χ0n) is 16.9. The molecule has 2 aromatic carbocycles. The minimum atomic E-state index is -4.66. The summed E-state index contributed by atoms with van der Waals surface area (Å²) >= 11 is 0. The van der Waals surface area contributed by atoms with E-state index in [1.165, 1.54) is 17.0 Å². The molecule has 0 bridgehead atoms. The van der Waals surface area contributed by atoms with Gasteiger partial charge < -0.3 is 4.90 Å². The second-order valence-electron chi connectivity index (χ2n) is 7.60. The quantitative estimate of drug-likeness (QED) is 0.683. The van der Waals surface area contributed by atoms with E-state index in [4.69, 9.17) is 0 Å². The van der Waals surface area contributed by atoms with E-state index in [9.17, 15) is 37.1 Å². The number of carbonyl (C=O) groups is 5. The van der Waals surface area contributed by atoms with Gasteiger partial charge in [-0.05, 0) is 36.2 Å². The SMILES string of the molecule is O=C1CCC(N2Cc3cccc(C(=O)NC(=O)c4cccc(C(F)(F)F)c4)c3C2=O)C(=O)N1. The smallest absolute Gasteiger partial charge is 0.322 e. The third-order valence-corrected chi connectivity index (χ3v) is 5.48. The summed E-state index contributed by atoms with van der Waals surface area (Å²) < 4.78 is 38.7. The molecule has 0 aromatic heterocycles. The van der Waals surface area contributed by atoms with Crippen molar-refractivity contribution in [2.75, 3.05) is 0 Å². The number of nitrogens with zero attached hydrogens (tertiary/aromatic N) is 1. The molecule has 8 nitrogen and oxygen atoms in total. The molecule has 11 heteroatoms. The second-order valence-corrected chi connectivity index (χ2v) is 7.60. The van der Waals surface area contributed by atoms with Gasteiger partial charge in [-0.25, -0.2) is 0 Å². The van der Waals surface area contributed by atoms with Gasteiger partial charge in [-0.2, -0.15) is 13.2 Å². The Bertz CT molecular complexity index is 1210. The number of nitrogens with one attached hydrogen (secondary N) is 2. The molecular weight excluding hydrogens is 443 g/mol. The number of benzene rings is 2. The first kappa shape index (κ1) is 22.2. The topological polar surface area (TPSA) is 113 Å². The average molecular weight is 459 g/mol. The lowest BCUT2D eigenvalue weighted by Gasteiger charge is -2.29. The molecule has 170 valence electrons. The maximum Gasteiger partial charge on any atom is 0.416 e. The van der Waals surface area contributed by atoms with Crippen molar-refractivity contribution in [2.24, 2.45) is 0 Å². The maximum absolute atomic E-state index is 13.0. The molecular formula is C22H16F3N3O5. The van der Waals surface area contributed by atoms with Gasteiger partial charge in [0.05, 0.1) is 16.7 Å². The second kappa shape index (κ2) is 8.15. The number of halogens is 3. The van der Waals surface area contributed by atoms with E-state index in [1.807, 2.05) is 5.32 Å². The van der Waals surface area contributed by atoms with Crippen LogP contribution in [0.2, 0.25) is 0 Å². The van der Waals surface area contributed by atoms with Crippen molar-refractivity contribution in [1.82, 2.24) is 15.5 Å². The van der Waals surface area contributed by atoms with Crippen LogP contribution in [0.5, 0.6) is 0 Å². The predicted molar refractivity (Wildman–Crippen MR) is 106 cm³/mol. The zero-order chi connectivity index (χ0) is 23.9. The lowest BCUT2D eigenvalue weighted by atomic mass is 10.0. The van der Waals surface area contributed by atoms with Crippen molar-refractivity contribution in [2.45, 2.75) is 31.6 Å². The number of alkyl halides is 3. The molecule has 1 atom stereocenters. The normalized spacial score (nSPS) is 18.1. The van der Waals surface area contributed by atoms with Crippen molar-refractivity contribution < 1.29 is 37.1 Å². The molecule has 5 amide bonds. The Hall–Kier alpha value is -4.02. The standard InChI is InChI=1S/C22H16F3N3O5/c23-22(24,25)13-5-1-3-11(9-13)18(30)27-19(31)14-6-2-4-12-10-28(21(33)17(12)14)15-7-8-16(29)26-20(15)32/h1-6,9,15H,7-8,10H2,(H,26,29,32)(H,27,30,31). The number of fused-ring (bicyclic) bond motifs is 1. The first-order valence-corrected chi connectivity index (χ1v) is 9.86. The van der Waals surface area contributed by atoms with Crippen LogP contribution in [0.3, 0.4) is 0 Å². The summed E-state index contributed by atoms with van der Waals surface area (Å²) in [4.78, 5) is 63.0. The van der Waals surface area contributed by atoms with Crippen LogP contribution in [0, 0.1) is 0 Å². The van der Waals surface area contributed by atoms with E-state index in [-0.39, 0.29) is 36.1 Å². The largest absolute Gasteiger partial charge is 0.416 e. The predicted octanol–water partition coefficient (Wildman–Crippen LogP) is 2.04. The summed E-state index contributed by atoms with van der Waals surface area (Å²) in [6.07, 6.45) is -4.46. The van der Waals surface area contributed by atoms with Gasteiger partial charge in [-0.1, -0.05) is 18.2 Å². The van der Waals surface area contributed by atoms with Gasteiger partial charge in [0.15, 0.2) is 0 Å². The first-order chi connectivity index (χ1) is 15.6. The molecule has 2 heterocycles. The Balaban J connectivity index is 1.56. The molecule has 0 aliphatic carbocycles. The molecule has 2 aliphatic rings. The molecule has 33 heavy (non-hydrogen) atoms. The van der Waals surface area contributed by atoms with Gasteiger partial charge in [-0.15, -0.1) is 0 Å². The van der Waals surface area contributed by atoms with Gasteiger partial charge in [0.2, 0.25) is 11.8 Å². The van der Waals surface area contributed by atoms with E-state index in [1.54, 1.807) is 6.07 Å². The highest BCUT2D eigenvalue weighted by Gasteiger charge is 2.41. The summed E-state index contributed by atoms with van der Waals surface area (Å²) in [6.45, 7) is 0.0309. The van der Waals surface area contributed by atoms with Crippen molar-refractivity contribution >= 4 is 29.5 Å². The van der Waals surface area contributed by atoms with E-state index in [0.717, 1.165) is 18.2 Å². The number of piperidine rings is 1. The molecule has 2 aliphatic heterocycles. The van der Waals surface area contributed by atoms with Crippen LogP contribution in [0.15, 0.2) is 42.5 Å². The van der Waals surface area contributed by atoms with Gasteiger partial charge in [0.1, 0.15) is 6.04 Å². The third kappa shape index (κ3) is 4.21. The number of imide groups is 2. The number of carbonyl (C=O) groups excluding carboxylic acids is 5. The molecule has 1 saturated heterocycles. The Morgan fingerprint density at radius 1 is 1.03 bits per heavy atom. The summed E-state index contributed by atoms with van der Waals surface area (Å²) in [6, 6.07) is 7.09. The molecule has 1 unspecified atom stereocenters. The van der Waals surface area contributed by atoms with E-state index in [2.05, 4.69) is 5.32 Å². The first-order valence-electron chi connectivity index (χ1n) is 9.86. The average Bonchev–Trinajstić information content (AvgIpc) is 3.09. The number of amides is 5. The van der Waals surface area contributed by atoms with Crippen molar-refractivity contribution in [1.29, 1.82) is 0 Å². The summed E-state index contributed by atoms with van der Waals surface area (Å²) in [5, 5.41) is 4.19. The lowest BCUT2D eigenvalue weighted by molar-refractivity contribution is -0.138. The number of rotatable bonds is 3. The molecule has 0 radical (unpaired) electrons. The minimum absolute atomic E-state index is 0.00320. The van der Waals surface area contributed by atoms with E-state index >= 15 is 0 Å². The molecule has 0 saturated carbocycles. The van der Waals surface area contributed by atoms with Crippen LogP contribution in [0.25, 0.3) is 0 Å². The maximum atomic E-state index is 13.0.